The highest BCUT2D eigenvalue weighted by atomic mass is 79.9. The number of anilines is 3. The van der Waals surface area contributed by atoms with E-state index in [4.69, 9.17) is 5.73 Å². The summed E-state index contributed by atoms with van der Waals surface area (Å²) < 4.78 is 51.3. The third-order valence-corrected chi connectivity index (χ3v) is 3.14. The van der Waals surface area contributed by atoms with Crippen LogP contribution in [0, 0.1) is 12.7 Å². The van der Waals surface area contributed by atoms with Crippen molar-refractivity contribution in [1.29, 1.82) is 0 Å². The molecule has 9 heteroatoms. The Morgan fingerprint density at radius 2 is 1.86 bits per heavy atom. The monoisotopic (exact) mass is 364 g/mol. The predicted molar refractivity (Wildman–Crippen MR) is 73.6 cm³/mol. The Balaban J connectivity index is 2.40. The lowest BCUT2D eigenvalue weighted by molar-refractivity contribution is -0.144. The minimum absolute atomic E-state index is 0.128. The third kappa shape index (κ3) is 3.60. The van der Waals surface area contributed by atoms with Crippen LogP contribution in [0.3, 0.4) is 0 Å². The standard InChI is InChI=1S/C12H9BrF4N4/c1-5-2-7(14)6(13)3-8(5)19-10-4-9(18)20-11(21-10)12(15,16)17/h2-4H,1H3,(H3,18,19,20,21). The van der Waals surface area contributed by atoms with E-state index >= 15 is 0 Å². The first-order valence-electron chi connectivity index (χ1n) is 5.61. The maximum Gasteiger partial charge on any atom is 0.451 e. The molecule has 0 aliphatic heterocycles. The highest BCUT2D eigenvalue weighted by Crippen LogP contribution is 2.30. The van der Waals surface area contributed by atoms with E-state index in [1.165, 1.54) is 12.1 Å². The summed E-state index contributed by atoms with van der Waals surface area (Å²) in [5.74, 6) is -2.27. The molecule has 2 aromatic rings. The Kier molecular flexibility index (Phi) is 4.04. The fourth-order valence-corrected chi connectivity index (χ4v) is 1.92. The van der Waals surface area contributed by atoms with Crippen molar-refractivity contribution < 1.29 is 17.6 Å². The van der Waals surface area contributed by atoms with Crippen LogP contribution in [0.2, 0.25) is 0 Å². The first-order chi connectivity index (χ1) is 9.66. The second-order valence-electron chi connectivity index (χ2n) is 4.21. The van der Waals surface area contributed by atoms with Crippen LogP contribution in [0.15, 0.2) is 22.7 Å². The van der Waals surface area contributed by atoms with Crippen LogP contribution < -0.4 is 11.1 Å². The van der Waals surface area contributed by atoms with Gasteiger partial charge in [0.15, 0.2) is 0 Å². The zero-order chi connectivity index (χ0) is 15.8. The fraction of sp³-hybridized carbons (Fsp3) is 0.167. The van der Waals surface area contributed by atoms with Gasteiger partial charge in [-0.15, -0.1) is 0 Å². The predicted octanol–water partition coefficient (Wildman–Crippen LogP) is 4.03. The maximum atomic E-state index is 13.3. The molecule has 0 saturated heterocycles. The first kappa shape index (κ1) is 15.5. The van der Waals surface area contributed by atoms with Crippen LogP contribution in [-0.4, -0.2) is 9.97 Å². The maximum absolute atomic E-state index is 13.3. The zero-order valence-corrected chi connectivity index (χ0v) is 12.2. The summed E-state index contributed by atoms with van der Waals surface area (Å²) in [6, 6.07) is 3.80. The Labute approximate surface area is 125 Å². The summed E-state index contributed by atoms with van der Waals surface area (Å²) in [6.07, 6.45) is -4.70. The van der Waals surface area contributed by atoms with Crippen LogP contribution >= 0.6 is 15.9 Å². The largest absolute Gasteiger partial charge is 0.451 e. The molecule has 1 aromatic carbocycles. The Morgan fingerprint density at radius 1 is 1.19 bits per heavy atom. The topological polar surface area (TPSA) is 63.8 Å². The number of nitrogens with zero attached hydrogens (tertiary/aromatic N) is 2. The van der Waals surface area contributed by atoms with Crippen LogP contribution in [-0.2, 0) is 6.18 Å². The molecule has 0 aliphatic carbocycles. The molecule has 2 rings (SSSR count). The first-order valence-corrected chi connectivity index (χ1v) is 6.40. The van der Waals surface area contributed by atoms with Gasteiger partial charge in [-0.05, 0) is 40.5 Å². The van der Waals surface area contributed by atoms with Gasteiger partial charge in [0.2, 0.25) is 5.82 Å². The van der Waals surface area contributed by atoms with Crippen LogP contribution in [0.4, 0.5) is 34.9 Å². The molecule has 0 radical (unpaired) electrons. The summed E-state index contributed by atoms with van der Waals surface area (Å²) in [5.41, 5.74) is 6.24. The molecule has 3 N–H and O–H groups in total. The van der Waals surface area contributed by atoms with Crippen molar-refractivity contribution in [2.75, 3.05) is 11.1 Å². The lowest BCUT2D eigenvalue weighted by Crippen LogP contribution is -2.13. The normalized spacial score (nSPS) is 11.5. The van der Waals surface area contributed by atoms with E-state index in [0.29, 0.717) is 11.3 Å². The van der Waals surface area contributed by atoms with E-state index in [2.05, 4.69) is 31.2 Å². The van der Waals surface area contributed by atoms with Crippen molar-refractivity contribution in [3.8, 4) is 0 Å². The summed E-state index contributed by atoms with van der Waals surface area (Å²) >= 11 is 3.00. The Hall–Kier alpha value is -1.90. The number of alkyl halides is 3. The van der Waals surface area contributed by atoms with E-state index in [1.807, 2.05) is 0 Å². The number of aryl methyl sites for hydroxylation is 1. The number of aromatic nitrogens is 2. The van der Waals surface area contributed by atoms with Crippen molar-refractivity contribution in [2.24, 2.45) is 0 Å². The van der Waals surface area contributed by atoms with E-state index in [0.717, 1.165) is 6.07 Å². The van der Waals surface area contributed by atoms with Gasteiger partial charge in [-0.1, -0.05) is 0 Å². The van der Waals surface area contributed by atoms with Crippen LogP contribution in [0.5, 0.6) is 0 Å². The number of benzene rings is 1. The number of nitrogens with two attached hydrogens (primary N) is 1. The lowest BCUT2D eigenvalue weighted by Gasteiger charge is -2.12. The zero-order valence-electron chi connectivity index (χ0n) is 10.6. The molecule has 1 heterocycles. The molecule has 0 amide bonds. The van der Waals surface area contributed by atoms with E-state index in [-0.39, 0.29) is 16.1 Å². The summed E-state index contributed by atoms with van der Waals surface area (Å²) in [7, 11) is 0. The van der Waals surface area contributed by atoms with Crippen LogP contribution in [0.1, 0.15) is 11.4 Å². The Morgan fingerprint density at radius 3 is 2.48 bits per heavy atom. The van der Waals surface area contributed by atoms with Gasteiger partial charge in [-0.3, -0.25) is 0 Å². The van der Waals surface area contributed by atoms with Gasteiger partial charge in [0.25, 0.3) is 0 Å². The molecular weight excluding hydrogens is 356 g/mol. The average molecular weight is 365 g/mol. The summed E-state index contributed by atoms with van der Waals surface area (Å²) in [6.45, 7) is 1.60. The second kappa shape index (κ2) is 5.47. The van der Waals surface area contributed by atoms with Crippen molar-refractivity contribution in [1.82, 2.24) is 9.97 Å². The fourth-order valence-electron chi connectivity index (χ4n) is 1.58. The van der Waals surface area contributed by atoms with Gasteiger partial charge in [-0.2, -0.15) is 13.2 Å². The van der Waals surface area contributed by atoms with Gasteiger partial charge in [0.05, 0.1) is 4.47 Å². The molecule has 0 saturated carbocycles. The number of rotatable bonds is 2. The summed E-state index contributed by atoms with van der Waals surface area (Å²) in [5, 5.41) is 2.67. The van der Waals surface area contributed by atoms with E-state index in [1.54, 1.807) is 6.92 Å². The number of hydrogen-bond donors (Lipinski definition) is 2. The smallest absolute Gasteiger partial charge is 0.384 e. The number of halogens is 5. The SMILES string of the molecule is Cc1cc(F)c(Br)cc1Nc1cc(N)nc(C(F)(F)F)n1. The van der Waals surface area contributed by atoms with Gasteiger partial charge in [0, 0.05) is 11.8 Å². The quantitative estimate of drug-likeness (QED) is 0.789. The number of nitrogens with one attached hydrogen (secondary N) is 1. The molecule has 0 aliphatic rings. The molecule has 1 aromatic heterocycles. The Bertz CT molecular complexity index is 688. The number of hydrogen-bond acceptors (Lipinski definition) is 4. The van der Waals surface area contributed by atoms with Crippen molar-refractivity contribution in [2.45, 2.75) is 13.1 Å². The molecule has 4 nitrogen and oxygen atoms in total. The molecule has 0 atom stereocenters. The van der Waals surface area contributed by atoms with Gasteiger partial charge < -0.3 is 11.1 Å². The highest BCUT2D eigenvalue weighted by Gasteiger charge is 2.35. The van der Waals surface area contributed by atoms with Crippen molar-refractivity contribution in [3.05, 3.63) is 39.9 Å². The summed E-state index contributed by atoms with van der Waals surface area (Å²) in [4.78, 5) is 6.49. The van der Waals surface area contributed by atoms with Gasteiger partial charge in [-0.25, -0.2) is 14.4 Å². The van der Waals surface area contributed by atoms with Crippen molar-refractivity contribution >= 4 is 33.3 Å². The van der Waals surface area contributed by atoms with E-state index < -0.39 is 17.8 Å². The third-order valence-electron chi connectivity index (χ3n) is 2.53. The minimum Gasteiger partial charge on any atom is -0.384 e. The van der Waals surface area contributed by atoms with Gasteiger partial charge in [0.1, 0.15) is 17.5 Å². The van der Waals surface area contributed by atoms with Crippen LogP contribution in [0.25, 0.3) is 0 Å². The highest BCUT2D eigenvalue weighted by molar-refractivity contribution is 9.10. The molecule has 0 unspecified atom stereocenters. The minimum atomic E-state index is -4.70. The molecule has 0 fully saturated rings. The molecule has 21 heavy (non-hydrogen) atoms. The van der Waals surface area contributed by atoms with Gasteiger partial charge >= 0.3 is 6.18 Å². The van der Waals surface area contributed by atoms with E-state index in [9.17, 15) is 17.6 Å². The average Bonchev–Trinajstić information content (AvgIpc) is 2.34. The second-order valence-corrected chi connectivity index (χ2v) is 5.06. The molecule has 0 spiro atoms. The molecule has 0 bridgehead atoms. The number of nitrogen functional groups attached to an aromatic ring is 1. The van der Waals surface area contributed by atoms with Crippen molar-refractivity contribution in [3.63, 3.8) is 0 Å². The molecular formula is C12H9BrF4N4. The lowest BCUT2D eigenvalue weighted by atomic mass is 10.2. The molecule has 112 valence electrons.